The molecule has 0 aromatic carbocycles. The Morgan fingerprint density at radius 1 is 1.60 bits per heavy atom. The van der Waals surface area contributed by atoms with E-state index in [4.69, 9.17) is 0 Å². The number of hydrogen-bond donors (Lipinski definition) is 1. The summed E-state index contributed by atoms with van der Waals surface area (Å²) in [6.45, 7) is 8.72. The topological polar surface area (TPSA) is 40.5 Å². The summed E-state index contributed by atoms with van der Waals surface area (Å²) in [6.07, 6.45) is 2.11. The maximum atomic E-state index is 11.4. The molecular formula is C15H22BrNO2S. The van der Waals surface area contributed by atoms with Crippen LogP contribution in [0.5, 0.6) is 0 Å². The number of carboxylic acids is 1. The van der Waals surface area contributed by atoms with Crippen molar-refractivity contribution in [2.45, 2.75) is 40.2 Å². The van der Waals surface area contributed by atoms with E-state index in [1.807, 2.05) is 25.2 Å². The van der Waals surface area contributed by atoms with Gasteiger partial charge in [-0.15, -0.1) is 11.3 Å². The number of halogens is 1. The zero-order valence-electron chi connectivity index (χ0n) is 12.3. The lowest BCUT2D eigenvalue weighted by atomic mass is 9.74. The smallest absolute Gasteiger partial charge is 0.309 e. The van der Waals surface area contributed by atoms with E-state index < -0.39 is 11.4 Å². The first kappa shape index (κ1) is 16.0. The zero-order valence-corrected chi connectivity index (χ0v) is 14.7. The van der Waals surface area contributed by atoms with Crippen LogP contribution in [0.4, 0.5) is 0 Å². The Morgan fingerprint density at radius 3 is 2.85 bits per heavy atom. The van der Waals surface area contributed by atoms with E-state index in [1.54, 1.807) is 0 Å². The molecule has 1 aliphatic rings. The first-order valence-electron chi connectivity index (χ1n) is 7.01. The summed E-state index contributed by atoms with van der Waals surface area (Å²) >= 11 is 5.38. The van der Waals surface area contributed by atoms with Gasteiger partial charge in [0.2, 0.25) is 0 Å². The molecule has 0 aliphatic carbocycles. The zero-order chi connectivity index (χ0) is 14.9. The van der Waals surface area contributed by atoms with Crippen molar-refractivity contribution in [3.8, 4) is 0 Å². The lowest BCUT2D eigenvalue weighted by molar-refractivity contribution is -0.151. The fourth-order valence-corrected chi connectivity index (χ4v) is 4.42. The number of carbonyl (C=O) groups is 1. The molecule has 1 aliphatic heterocycles. The van der Waals surface area contributed by atoms with Crippen molar-refractivity contribution in [2.24, 2.45) is 11.3 Å². The van der Waals surface area contributed by atoms with E-state index in [1.165, 1.54) is 14.2 Å². The molecule has 1 unspecified atom stereocenters. The maximum absolute atomic E-state index is 11.4. The van der Waals surface area contributed by atoms with Gasteiger partial charge in [0.15, 0.2) is 0 Å². The van der Waals surface area contributed by atoms with Gasteiger partial charge in [-0.2, -0.15) is 0 Å². The molecule has 1 fully saturated rings. The van der Waals surface area contributed by atoms with Crippen LogP contribution in [0.1, 0.15) is 36.4 Å². The number of rotatable bonds is 4. The Kier molecular flexibility index (Phi) is 4.92. The van der Waals surface area contributed by atoms with Crippen LogP contribution >= 0.6 is 27.3 Å². The van der Waals surface area contributed by atoms with Crippen molar-refractivity contribution < 1.29 is 9.90 Å². The van der Waals surface area contributed by atoms with Crippen LogP contribution in [0, 0.1) is 18.3 Å². The van der Waals surface area contributed by atoms with E-state index in [0.29, 0.717) is 0 Å². The average Bonchev–Trinajstić information content (AvgIpc) is 2.68. The maximum Gasteiger partial charge on any atom is 0.309 e. The highest BCUT2D eigenvalue weighted by Crippen LogP contribution is 2.35. The first-order chi connectivity index (χ1) is 9.30. The minimum atomic E-state index is -0.681. The number of piperidine rings is 1. The summed E-state index contributed by atoms with van der Waals surface area (Å²) in [5.41, 5.74) is -0.634. The second-order valence-electron chi connectivity index (χ2n) is 6.22. The van der Waals surface area contributed by atoms with Gasteiger partial charge in [0.25, 0.3) is 0 Å². The lowest BCUT2D eigenvalue weighted by Crippen LogP contribution is -2.44. The third kappa shape index (κ3) is 3.43. The molecule has 1 N–H and O–H groups in total. The number of likely N-dealkylation sites (tertiary alicyclic amines) is 1. The summed E-state index contributed by atoms with van der Waals surface area (Å²) in [5, 5.41) is 9.39. The van der Waals surface area contributed by atoms with E-state index >= 15 is 0 Å². The molecule has 112 valence electrons. The van der Waals surface area contributed by atoms with Crippen molar-refractivity contribution >= 4 is 33.2 Å². The number of hydrogen-bond acceptors (Lipinski definition) is 3. The van der Waals surface area contributed by atoms with Crippen LogP contribution in [0.15, 0.2) is 10.5 Å². The molecular weight excluding hydrogens is 338 g/mol. The Hall–Kier alpha value is -0.390. The number of aryl methyl sites for hydroxylation is 1. The van der Waals surface area contributed by atoms with Crippen molar-refractivity contribution in [2.75, 3.05) is 13.1 Å². The van der Waals surface area contributed by atoms with Crippen molar-refractivity contribution in [3.63, 3.8) is 0 Å². The molecule has 1 atom stereocenters. The van der Waals surface area contributed by atoms with Gasteiger partial charge < -0.3 is 5.11 Å². The number of nitrogens with zero attached hydrogens (tertiary/aromatic N) is 1. The molecule has 5 heteroatoms. The summed E-state index contributed by atoms with van der Waals surface area (Å²) in [5.74, 6) is -0.447. The molecule has 1 aromatic rings. The highest BCUT2D eigenvalue weighted by molar-refractivity contribution is 9.10. The highest BCUT2D eigenvalue weighted by atomic mass is 79.9. The summed E-state index contributed by atoms with van der Waals surface area (Å²) in [4.78, 5) is 16.5. The summed E-state index contributed by atoms with van der Waals surface area (Å²) in [7, 11) is 0. The SMILES string of the molecule is Cc1sc(CN2CCCC(C(C)(C)C(=O)O)C2)cc1Br. The molecule has 0 saturated carbocycles. The van der Waals surface area contributed by atoms with Gasteiger partial charge in [0.1, 0.15) is 0 Å². The monoisotopic (exact) mass is 359 g/mol. The second kappa shape index (κ2) is 6.16. The molecule has 0 spiro atoms. The average molecular weight is 360 g/mol. The standard InChI is InChI=1S/C15H22BrNO2S/c1-10-13(16)7-12(20-10)9-17-6-4-5-11(8-17)15(2,3)14(18)19/h7,11H,4-6,8-9H2,1-3H3,(H,18,19). The van der Waals surface area contributed by atoms with E-state index in [9.17, 15) is 9.90 Å². The van der Waals surface area contributed by atoms with Crippen LogP contribution in [-0.4, -0.2) is 29.1 Å². The van der Waals surface area contributed by atoms with Crippen LogP contribution in [0.25, 0.3) is 0 Å². The predicted octanol–water partition coefficient (Wildman–Crippen LogP) is 4.14. The quantitative estimate of drug-likeness (QED) is 0.877. The first-order valence-corrected chi connectivity index (χ1v) is 8.62. The van der Waals surface area contributed by atoms with Gasteiger partial charge in [0, 0.05) is 27.3 Å². The Balaban J connectivity index is 2.02. The normalized spacial score (nSPS) is 21.1. The largest absolute Gasteiger partial charge is 0.481 e. The molecule has 1 saturated heterocycles. The fraction of sp³-hybridized carbons (Fsp3) is 0.667. The minimum Gasteiger partial charge on any atom is -0.481 e. The van der Waals surface area contributed by atoms with E-state index in [0.717, 1.165) is 32.5 Å². The van der Waals surface area contributed by atoms with E-state index in [-0.39, 0.29) is 5.92 Å². The third-order valence-electron chi connectivity index (χ3n) is 4.37. The number of aliphatic carboxylic acids is 1. The van der Waals surface area contributed by atoms with Gasteiger partial charge in [0.05, 0.1) is 5.41 Å². The Morgan fingerprint density at radius 2 is 2.30 bits per heavy atom. The van der Waals surface area contributed by atoms with E-state index in [2.05, 4.69) is 33.8 Å². The van der Waals surface area contributed by atoms with Crippen molar-refractivity contribution in [1.29, 1.82) is 0 Å². The van der Waals surface area contributed by atoms with Gasteiger partial charge in [-0.25, -0.2) is 0 Å². The van der Waals surface area contributed by atoms with Crippen LogP contribution in [-0.2, 0) is 11.3 Å². The van der Waals surface area contributed by atoms with Crippen LogP contribution in [0.3, 0.4) is 0 Å². The molecule has 0 amide bonds. The van der Waals surface area contributed by atoms with Crippen LogP contribution < -0.4 is 0 Å². The molecule has 3 nitrogen and oxygen atoms in total. The summed E-state index contributed by atoms with van der Waals surface area (Å²) in [6, 6.07) is 2.19. The third-order valence-corrected chi connectivity index (χ3v) is 6.49. The van der Waals surface area contributed by atoms with Gasteiger partial charge in [-0.1, -0.05) is 0 Å². The second-order valence-corrected chi connectivity index (χ2v) is 8.41. The van der Waals surface area contributed by atoms with Crippen LogP contribution in [0.2, 0.25) is 0 Å². The molecule has 2 heterocycles. The molecule has 20 heavy (non-hydrogen) atoms. The van der Waals surface area contributed by atoms with Crippen molar-refractivity contribution in [3.05, 3.63) is 20.3 Å². The minimum absolute atomic E-state index is 0.234. The molecule has 1 aromatic heterocycles. The number of thiophene rings is 1. The fourth-order valence-electron chi connectivity index (χ4n) is 2.78. The predicted molar refractivity (Wildman–Crippen MR) is 86.2 cm³/mol. The van der Waals surface area contributed by atoms with Gasteiger partial charge >= 0.3 is 5.97 Å². The summed E-state index contributed by atoms with van der Waals surface area (Å²) < 4.78 is 1.18. The van der Waals surface area contributed by atoms with Gasteiger partial charge in [-0.05, 0) is 68.1 Å². The van der Waals surface area contributed by atoms with Crippen molar-refractivity contribution in [1.82, 2.24) is 4.90 Å². The molecule has 2 rings (SSSR count). The van der Waals surface area contributed by atoms with Gasteiger partial charge in [-0.3, -0.25) is 9.69 Å². The number of carboxylic acid groups (broad SMARTS) is 1. The molecule has 0 radical (unpaired) electrons. The Labute approximate surface area is 133 Å². The lowest BCUT2D eigenvalue weighted by Gasteiger charge is -2.39. The highest BCUT2D eigenvalue weighted by Gasteiger charge is 2.39. The Bertz CT molecular complexity index is 479. The molecule has 0 bridgehead atoms.